The van der Waals surface area contributed by atoms with Gasteiger partial charge in [0.1, 0.15) is 0 Å². The predicted molar refractivity (Wildman–Crippen MR) is 214 cm³/mol. The van der Waals surface area contributed by atoms with Crippen molar-refractivity contribution in [1.29, 1.82) is 0 Å². The van der Waals surface area contributed by atoms with Gasteiger partial charge in [-0.3, -0.25) is 9.59 Å². The Hall–Kier alpha value is -1.14. The van der Waals surface area contributed by atoms with Crippen molar-refractivity contribution in [3.63, 3.8) is 0 Å². The molecule has 0 fully saturated rings. The number of rotatable bonds is 40. The highest BCUT2D eigenvalue weighted by molar-refractivity contribution is 5.72. The van der Waals surface area contributed by atoms with Crippen LogP contribution >= 0.6 is 0 Å². The van der Waals surface area contributed by atoms with Crippen molar-refractivity contribution >= 4 is 11.9 Å². The number of unbranched alkanes of at least 4 members (excludes halogenated alkanes) is 20. The maximum absolute atomic E-state index is 12.9. The molecular weight excluding hydrogens is 622 g/mol. The fraction of sp³-hybridized carbons (Fsp3) is 0.955. The summed E-state index contributed by atoms with van der Waals surface area (Å²) in [4.78, 5) is 28.1. The Kier molecular flexibility index (Phi) is 38.2. The molecule has 0 amide bonds. The molecule has 0 aliphatic heterocycles. The van der Waals surface area contributed by atoms with E-state index in [1.54, 1.807) is 0 Å². The Morgan fingerprint density at radius 2 is 0.720 bits per heavy atom. The predicted octanol–water partition coefficient (Wildman–Crippen LogP) is 12.4. The van der Waals surface area contributed by atoms with Gasteiger partial charge in [-0.15, -0.1) is 0 Å². The smallest absolute Gasteiger partial charge is 0.308 e. The number of aliphatic hydroxyl groups is 1. The molecule has 0 heterocycles. The number of hydrogen-bond donors (Lipinski definition) is 1. The topological polar surface area (TPSA) is 76.1 Å². The maximum atomic E-state index is 12.9. The van der Waals surface area contributed by atoms with E-state index >= 15 is 0 Å². The van der Waals surface area contributed by atoms with Gasteiger partial charge in [0.05, 0.1) is 31.7 Å². The first-order chi connectivity index (χ1) is 24.5. The number of carbonyl (C=O) groups is 2. The van der Waals surface area contributed by atoms with E-state index in [0.29, 0.717) is 13.2 Å². The van der Waals surface area contributed by atoms with Crippen LogP contribution in [0.2, 0.25) is 0 Å². The molecule has 298 valence electrons. The first-order valence-electron chi connectivity index (χ1n) is 22.2. The molecule has 0 aromatic carbocycles. The minimum Gasteiger partial charge on any atom is -0.465 e. The second kappa shape index (κ2) is 39.1. The molecule has 0 aromatic rings. The molecule has 6 nitrogen and oxygen atoms in total. The van der Waals surface area contributed by atoms with Gasteiger partial charge in [0.25, 0.3) is 0 Å². The van der Waals surface area contributed by atoms with Gasteiger partial charge in [-0.2, -0.15) is 0 Å². The van der Waals surface area contributed by atoms with E-state index in [0.717, 1.165) is 122 Å². The molecular formula is C44H87NO5. The van der Waals surface area contributed by atoms with Crippen LogP contribution in [0.3, 0.4) is 0 Å². The van der Waals surface area contributed by atoms with Gasteiger partial charge in [0.2, 0.25) is 0 Å². The zero-order valence-corrected chi connectivity index (χ0v) is 34.1. The summed E-state index contributed by atoms with van der Waals surface area (Å²) in [6.07, 6.45) is 34.6. The van der Waals surface area contributed by atoms with Crippen molar-refractivity contribution in [3.05, 3.63) is 0 Å². The summed E-state index contributed by atoms with van der Waals surface area (Å²) < 4.78 is 11.5. The summed E-state index contributed by atoms with van der Waals surface area (Å²) in [5, 5.41) is 9.58. The first kappa shape index (κ1) is 48.9. The minimum atomic E-state index is 0.0378. The average Bonchev–Trinajstić information content (AvgIpc) is 3.12. The number of hydrogen-bond acceptors (Lipinski definition) is 6. The largest absolute Gasteiger partial charge is 0.465 e. The minimum absolute atomic E-state index is 0.0378. The van der Waals surface area contributed by atoms with Gasteiger partial charge < -0.3 is 19.5 Å². The van der Waals surface area contributed by atoms with Crippen LogP contribution in [0, 0.1) is 11.8 Å². The van der Waals surface area contributed by atoms with Crippen molar-refractivity contribution in [1.82, 2.24) is 4.90 Å². The van der Waals surface area contributed by atoms with E-state index in [1.807, 2.05) is 0 Å². The SMILES string of the molecule is CCCCCCCCC(CCCCCC)C(=O)OCCCCCCN(CCO)CCCCCCOC(=O)C(CCCCCC)CCCCCC. The fourth-order valence-electron chi connectivity index (χ4n) is 7.02. The van der Waals surface area contributed by atoms with Crippen molar-refractivity contribution in [2.24, 2.45) is 11.8 Å². The summed E-state index contributed by atoms with van der Waals surface area (Å²) in [5.41, 5.74) is 0. The fourth-order valence-corrected chi connectivity index (χ4v) is 7.02. The molecule has 0 rings (SSSR count). The highest BCUT2D eigenvalue weighted by Crippen LogP contribution is 2.22. The number of aliphatic hydroxyl groups excluding tert-OH is 1. The Labute approximate surface area is 312 Å². The first-order valence-corrected chi connectivity index (χ1v) is 22.2. The summed E-state index contributed by atoms with van der Waals surface area (Å²) in [7, 11) is 0. The van der Waals surface area contributed by atoms with Crippen molar-refractivity contribution < 1.29 is 24.2 Å². The molecule has 0 saturated carbocycles. The summed E-state index contributed by atoms with van der Waals surface area (Å²) in [6.45, 7) is 13.0. The Morgan fingerprint density at radius 1 is 0.420 bits per heavy atom. The normalized spacial score (nSPS) is 12.2. The van der Waals surface area contributed by atoms with Gasteiger partial charge in [-0.05, 0) is 64.5 Å². The van der Waals surface area contributed by atoms with Crippen molar-refractivity contribution in [2.45, 2.75) is 220 Å². The third kappa shape index (κ3) is 31.6. The van der Waals surface area contributed by atoms with E-state index in [1.165, 1.54) is 89.9 Å². The lowest BCUT2D eigenvalue weighted by molar-refractivity contribution is -0.150. The third-order valence-electron chi connectivity index (χ3n) is 10.4. The van der Waals surface area contributed by atoms with Gasteiger partial charge in [0, 0.05) is 6.54 Å². The van der Waals surface area contributed by atoms with Crippen LogP contribution in [0.1, 0.15) is 220 Å². The lowest BCUT2D eigenvalue weighted by Crippen LogP contribution is -2.29. The number of nitrogens with zero attached hydrogens (tertiary/aromatic N) is 1. The van der Waals surface area contributed by atoms with Crippen LogP contribution in [-0.2, 0) is 19.1 Å². The van der Waals surface area contributed by atoms with Crippen LogP contribution < -0.4 is 0 Å². The molecule has 50 heavy (non-hydrogen) atoms. The summed E-state index contributed by atoms with van der Waals surface area (Å²) >= 11 is 0. The van der Waals surface area contributed by atoms with Crippen LogP contribution in [0.4, 0.5) is 0 Å². The van der Waals surface area contributed by atoms with Crippen molar-refractivity contribution in [2.75, 3.05) is 39.5 Å². The molecule has 1 atom stereocenters. The van der Waals surface area contributed by atoms with Gasteiger partial charge >= 0.3 is 11.9 Å². The Bertz CT molecular complexity index is 705. The second-order valence-electron chi connectivity index (χ2n) is 15.2. The van der Waals surface area contributed by atoms with E-state index in [9.17, 15) is 14.7 Å². The summed E-state index contributed by atoms with van der Waals surface area (Å²) in [5.74, 6) is 0.253. The van der Waals surface area contributed by atoms with E-state index in [-0.39, 0.29) is 30.4 Å². The lowest BCUT2D eigenvalue weighted by atomic mass is 9.94. The second-order valence-corrected chi connectivity index (χ2v) is 15.2. The average molecular weight is 710 g/mol. The quantitative estimate of drug-likeness (QED) is 0.0504. The molecule has 0 spiro atoms. The number of carbonyl (C=O) groups excluding carboxylic acids is 2. The maximum Gasteiger partial charge on any atom is 0.308 e. The highest BCUT2D eigenvalue weighted by Gasteiger charge is 2.20. The highest BCUT2D eigenvalue weighted by atomic mass is 16.5. The zero-order valence-electron chi connectivity index (χ0n) is 34.1. The standard InChI is InChI=1S/C44H87NO5/c1-5-9-13-17-18-26-34-42(33-25-16-12-8-4)44(48)50-40-30-22-20-28-36-45(37-38-46)35-27-19-21-29-39-49-43(47)41(31-23-14-10-6-2)32-24-15-11-7-3/h41-42,46H,5-40H2,1-4H3. The van der Waals surface area contributed by atoms with E-state index in [4.69, 9.17) is 9.47 Å². The Morgan fingerprint density at radius 3 is 1.08 bits per heavy atom. The molecule has 0 aliphatic carbocycles. The number of ether oxygens (including phenoxy) is 2. The van der Waals surface area contributed by atoms with Gasteiger partial charge in [0.15, 0.2) is 0 Å². The van der Waals surface area contributed by atoms with Crippen molar-refractivity contribution in [3.8, 4) is 0 Å². The van der Waals surface area contributed by atoms with Crippen LogP contribution in [0.25, 0.3) is 0 Å². The zero-order chi connectivity index (χ0) is 36.8. The molecule has 6 heteroatoms. The molecule has 1 unspecified atom stereocenters. The van der Waals surface area contributed by atoms with Gasteiger partial charge in [-0.25, -0.2) is 0 Å². The number of esters is 2. The molecule has 0 aromatic heterocycles. The molecule has 0 saturated heterocycles. The lowest BCUT2D eigenvalue weighted by Gasteiger charge is -2.21. The molecule has 0 aliphatic rings. The summed E-state index contributed by atoms with van der Waals surface area (Å²) in [6, 6.07) is 0. The molecule has 0 radical (unpaired) electrons. The Balaban J connectivity index is 4.17. The van der Waals surface area contributed by atoms with E-state index < -0.39 is 0 Å². The molecule has 0 bridgehead atoms. The molecule has 1 N–H and O–H groups in total. The van der Waals surface area contributed by atoms with Crippen LogP contribution in [0.5, 0.6) is 0 Å². The van der Waals surface area contributed by atoms with Crippen LogP contribution in [0.15, 0.2) is 0 Å². The van der Waals surface area contributed by atoms with Gasteiger partial charge in [-0.1, -0.05) is 169 Å². The monoisotopic (exact) mass is 710 g/mol. The van der Waals surface area contributed by atoms with E-state index in [2.05, 4.69) is 32.6 Å². The third-order valence-corrected chi connectivity index (χ3v) is 10.4. The van der Waals surface area contributed by atoms with Crippen LogP contribution in [-0.4, -0.2) is 61.4 Å².